The largest absolute Gasteiger partial charge is 0.339 e. The Morgan fingerprint density at radius 3 is 3.00 bits per heavy atom. The van der Waals surface area contributed by atoms with E-state index in [1.165, 1.54) is 6.42 Å². The van der Waals surface area contributed by atoms with Gasteiger partial charge in [-0.05, 0) is 26.3 Å². The van der Waals surface area contributed by atoms with Crippen LogP contribution >= 0.6 is 0 Å². The molecule has 2 heterocycles. The number of likely N-dealkylation sites (tertiary alicyclic amines) is 1. The highest BCUT2D eigenvalue weighted by atomic mass is 16.5. The Hall–Kier alpha value is -1.34. The Morgan fingerprint density at radius 1 is 1.53 bits per heavy atom. The van der Waals surface area contributed by atoms with Gasteiger partial charge in [-0.2, -0.15) is 4.98 Å². The molecule has 1 atom stereocenters. The second-order valence-corrected chi connectivity index (χ2v) is 4.70. The van der Waals surface area contributed by atoms with E-state index < -0.39 is 0 Å². The summed E-state index contributed by atoms with van der Waals surface area (Å²) in [5, 5.41) is 4.10. The number of hydrogen-bond acceptors (Lipinski definition) is 4. The topological polar surface area (TPSA) is 42.2 Å². The van der Waals surface area contributed by atoms with Crippen LogP contribution in [0.5, 0.6) is 0 Å². The molecule has 92 valence electrons. The number of rotatable bonds is 3. The van der Waals surface area contributed by atoms with E-state index in [9.17, 15) is 0 Å². The zero-order valence-electron chi connectivity index (χ0n) is 10.7. The van der Waals surface area contributed by atoms with Gasteiger partial charge in [0.25, 0.3) is 0 Å². The minimum Gasteiger partial charge on any atom is -0.339 e. The lowest BCUT2D eigenvalue weighted by molar-refractivity contribution is 0.269. The molecule has 0 aliphatic carbocycles. The van der Waals surface area contributed by atoms with Crippen LogP contribution in [0, 0.1) is 11.8 Å². The Labute approximate surface area is 102 Å². The van der Waals surface area contributed by atoms with Crippen molar-refractivity contribution in [1.29, 1.82) is 0 Å². The fraction of sp³-hybridized carbons (Fsp3) is 0.692. The third-order valence-corrected chi connectivity index (χ3v) is 3.07. The van der Waals surface area contributed by atoms with Gasteiger partial charge in [0.2, 0.25) is 5.89 Å². The number of hydrogen-bond donors (Lipinski definition) is 0. The van der Waals surface area contributed by atoms with Gasteiger partial charge < -0.3 is 4.52 Å². The highest BCUT2D eigenvalue weighted by Gasteiger charge is 2.29. The summed E-state index contributed by atoms with van der Waals surface area (Å²) in [6.07, 6.45) is 2.28. The molecule has 4 heteroatoms. The summed E-state index contributed by atoms with van der Waals surface area (Å²) in [5.41, 5.74) is 0. The van der Waals surface area contributed by atoms with E-state index >= 15 is 0 Å². The van der Waals surface area contributed by atoms with Gasteiger partial charge in [0.05, 0.1) is 12.6 Å². The summed E-state index contributed by atoms with van der Waals surface area (Å²) in [6.45, 7) is 7.87. The van der Waals surface area contributed by atoms with Gasteiger partial charge >= 0.3 is 0 Å². The molecule has 1 aliphatic heterocycles. The zero-order chi connectivity index (χ0) is 12.3. The first-order valence-corrected chi connectivity index (χ1v) is 6.19. The normalized spacial score (nSPS) is 20.6. The summed E-state index contributed by atoms with van der Waals surface area (Å²) in [4.78, 5) is 6.81. The van der Waals surface area contributed by atoms with Crippen molar-refractivity contribution < 1.29 is 4.52 Å². The molecule has 1 aliphatic rings. The van der Waals surface area contributed by atoms with Crippen molar-refractivity contribution in [3.63, 3.8) is 0 Å². The summed E-state index contributed by atoms with van der Waals surface area (Å²) in [6, 6.07) is 0.284. The van der Waals surface area contributed by atoms with Crippen molar-refractivity contribution in [1.82, 2.24) is 15.0 Å². The van der Waals surface area contributed by atoms with Crippen LogP contribution in [0.3, 0.4) is 0 Å². The lowest BCUT2D eigenvalue weighted by Crippen LogP contribution is -2.24. The molecule has 1 aromatic rings. The van der Waals surface area contributed by atoms with Crippen LogP contribution in [-0.4, -0.2) is 28.1 Å². The molecule has 1 unspecified atom stereocenters. The molecule has 2 rings (SSSR count). The standard InChI is InChI=1S/C13H19N3O/c1-4-5-8-16-9-6-7-11(16)12-14-13(10(2)3)17-15-12/h10-11H,6-9H2,1-3H3. The third-order valence-electron chi connectivity index (χ3n) is 3.07. The van der Waals surface area contributed by atoms with Gasteiger partial charge in [-0.1, -0.05) is 24.9 Å². The summed E-state index contributed by atoms with van der Waals surface area (Å²) in [5.74, 6) is 7.89. The van der Waals surface area contributed by atoms with Crippen molar-refractivity contribution in [3.8, 4) is 11.8 Å². The second-order valence-electron chi connectivity index (χ2n) is 4.70. The molecule has 0 saturated carbocycles. The summed E-state index contributed by atoms with van der Waals surface area (Å²) < 4.78 is 5.27. The highest BCUT2D eigenvalue weighted by Crippen LogP contribution is 2.30. The molecule has 0 spiro atoms. The average Bonchev–Trinajstić information content (AvgIpc) is 2.94. The third kappa shape index (κ3) is 2.67. The molecule has 1 aromatic heterocycles. The van der Waals surface area contributed by atoms with Crippen LogP contribution in [0.1, 0.15) is 57.3 Å². The van der Waals surface area contributed by atoms with E-state index in [2.05, 4.69) is 40.7 Å². The summed E-state index contributed by atoms with van der Waals surface area (Å²) in [7, 11) is 0. The maximum atomic E-state index is 5.27. The van der Waals surface area contributed by atoms with E-state index in [-0.39, 0.29) is 6.04 Å². The molecular weight excluding hydrogens is 214 g/mol. The number of aromatic nitrogens is 2. The fourth-order valence-corrected chi connectivity index (χ4v) is 2.11. The maximum Gasteiger partial charge on any atom is 0.229 e. The van der Waals surface area contributed by atoms with Crippen molar-refractivity contribution in [3.05, 3.63) is 11.7 Å². The maximum absolute atomic E-state index is 5.27. The van der Waals surface area contributed by atoms with Crippen LogP contribution < -0.4 is 0 Å². The molecule has 1 fully saturated rings. The van der Waals surface area contributed by atoms with Gasteiger partial charge in [0.15, 0.2) is 5.82 Å². The van der Waals surface area contributed by atoms with E-state index in [1.54, 1.807) is 0 Å². The van der Waals surface area contributed by atoms with Gasteiger partial charge in [0, 0.05) is 5.92 Å². The van der Waals surface area contributed by atoms with E-state index in [1.807, 2.05) is 6.92 Å². The van der Waals surface area contributed by atoms with Crippen LogP contribution in [-0.2, 0) is 0 Å². The molecular formula is C13H19N3O. The highest BCUT2D eigenvalue weighted by molar-refractivity contribution is 5.04. The van der Waals surface area contributed by atoms with Crippen LogP contribution in [0.15, 0.2) is 4.52 Å². The van der Waals surface area contributed by atoms with E-state index in [0.717, 1.165) is 31.2 Å². The smallest absolute Gasteiger partial charge is 0.229 e. The molecule has 1 saturated heterocycles. The Bertz CT molecular complexity index is 427. The quantitative estimate of drug-likeness (QED) is 0.752. The second kappa shape index (κ2) is 5.33. The number of nitrogens with zero attached hydrogens (tertiary/aromatic N) is 3. The molecule has 0 bridgehead atoms. The van der Waals surface area contributed by atoms with Crippen molar-refractivity contribution in [2.24, 2.45) is 0 Å². The molecule has 0 amide bonds. The monoisotopic (exact) mass is 233 g/mol. The zero-order valence-corrected chi connectivity index (χ0v) is 10.7. The average molecular weight is 233 g/mol. The lowest BCUT2D eigenvalue weighted by atomic mass is 10.2. The summed E-state index contributed by atoms with van der Waals surface area (Å²) >= 11 is 0. The van der Waals surface area contributed by atoms with Crippen molar-refractivity contribution in [2.75, 3.05) is 13.1 Å². The predicted octanol–water partition coefficient (Wildman–Crippen LogP) is 2.35. The molecule has 0 N–H and O–H groups in total. The van der Waals surface area contributed by atoms with Crippen molar-refractivity contribution >= 4 is 0 Å². The molecule has 17 heavy (non-hydrogen) atoms. The first-order chi connectivity index (χ1) is 8.22. The lowest BCUT2D eigenvalue weighted by Gasteiger charge is -2.18. The Kier molecular flexibility index (Phi) is 3.80. The minimum absolute atomic E-state index is 0.284. The van der Waals surface area contributed by atoms with Crippen LogP contribution in [0.2, 0.25) is 0 Å². The first kappa shape index (κ1) is 12.1. The van der Waals surface area contributed by atoms with Gasteiger partial charge in [0.1, 0.15) is 0 Å². The minimum atomic E-state index is 0.284. The van der Waals surface area contributed by atoms with E-state index in [4.69, 9.17) is 4.52 Å². The van der Waals surface area contributed by atoms with Crippen molar-refractivity contribution in [2.45, 2.75) is 45.6 Å². The van der Waals surface area contributed by atoms with Crippen LogP contribution in [0.25, 0.3) is 0 Å². The Balaban J connectivity index is 2.10. The van der Waals surface area contributed by atoms with Gasteiger partial charge in [-0.15, -0.1) is 5.92 Å². The predicted molar refractivity (Wildman–Crippen MR) is 65.4 cm³/mol. The van der Waals surface area contributed by atoms with Gasteiger partial charge in [-0.3, -0.25) is 4.90 Å². The van der Waals surface area contributed by atoms with E-state index in [0.29, 0.717) is 5.92 Å². The molecule has 0 radical (unpaired) electrons. The first-order valence-electron chi connectivity index (χ1n) is 6.19. The van der Waals surface area contributed by atoms with Gasteiger partial charge in [-0.25, -0.2) is 0 Å². The molecule has 0 aromatic carbocycles. The van der Waals surface area contributed by atoms with Crippen LogP contribution in [0.4, 0.5) is 0 Å². The fourth-order valence-electron chi connectivity index (χ4n) is 2.11. The SMILES string of the molecule is CC#CCN1CCCC1c1noc(C(C)C)n1. The molecule has 4 nitrogen and oxygen atoms in total. The Morgan fingerprint density at radius 2 is 2.35 bits per heavy atom.